The summed E-state index contributed by atoms with van der Waals surface area (Å²) in [6.45, 7) is 4.03. The third-order valence-electron chi connectivity index (χ3n) is 6.10. The largest absolute Gasteiger partial charge is 0.497 e. The van der Waals surface area contributed by atoms with E-state index < -0.39 is 0 Å². The first-order valence-electron chi connectivity index (χ1n) is 12.2. The molecule has 1 aromatic heterocycles. The van der Waals surface area contributed by atoms with E-state index in [1.165, 1.54) is 16.3 Å². The average Bonchev–Trinajstić information content (AvgIpc) is 2.99. The molecule has 7 nitrogen and oxygen atoms in total. The fourth-order valence-electron chi connectivity index (χ4n) is 4.05. The molecule has 0 bridgehead atoms. The number of rotatable bonds is 9. The molecule has 1 amide bonds. The number of carbonyl (C=O) groups is 1. The van der Waals surface area contributed by atoms with Crippen molar-refractivity contribution in [3.8, 4) is 22.6 Å². The molecule has 0 radical (unpaired) electrons. The second-order valence-electron chi connectivity index (χ2n) is 8.63. The quantitative estimate of drug-likeness (QED) is 0.149. The molecule has 4 aromatic carbocycles. The highest BCUT2D eigenvalue weighted by atomic mass is 32.2. The number of fused-ring (bicyclic) bond motifs is 1. The number of hydrazine groups is 1. The van der Waals surface area contributed by atoms with Gasteiger partial charge in [-0.15, -0.1) is 0 Å². The third-order valence-corrected chi connectivity index (χ3v) is 7.04. The standard InChI is InChI=1S/C31H26N4O3S/c1-21(22-12-14-24(15-13-22)23-8-4-3-5-9-23)33-34-29(36)20-39-31-32-28-11-7-6-10-27(28)30(37)35(31)25-16-18-26(38-2)19-17-25/h3-19,33H,1,20H2,2H3,(H,34,36). The summed E-state index contributed by atoms with van der Waals surface area (Å²) in [6, 6.07) is 32.3. The number of nitrogens with zero attached hydrogens (tertiary/aromatic N) is 2. The van der Waals surface area contributed by atoms with Gasteiger partial charge >= 0.3 is 0 Å². The van der Waals surface area contributed by atoms with Gasteiger partial charge in [0.2, 0.25) is 5.91 Å². The topological polar surface area (TPSA) is 85.3 Å². The van der Waals surface area contributed by atoms with Crippen molar-refractivity contribution in [2.75, 3.05) is 12.9 Å². The van der Waals surface area contributed by atoms with E-state index in [2.05, 4.69) is 34.5 Å². The van der Waals surface area contributed by atoms with Crippen LogP contribution in [0.15, 0.2) is 120 Å². The minimum Gasteiger partial charge on any atom is -0.497 e. The number of amides is 1. The molecule has 0 aliphatic rings. The van der Waals surface area contributed by atoms with Crippen molar-refractivity contribution in [3.05, 3.63) is 126 Å². The Balaban J connectivity index is 1.27. The van der Waals surface area contributed by atoms with Crippen LogP contribution in [0, 0.1) is 0 Å². The molecular weight excluding hydrogens is 508 g/mol. The predicted molar refractivity (Wildman–Crippen MR) is 157 cm³/mol. The van der Waals surface area contributed by atoms with Crippen molar-refractivity contribution in [2.24, 2.45) is 0 Å². The Bertz CT molecular complexity index is 1680. The van der Waals surface area contributed by atoms with Gasteiger partial charge in [-0.2, -0.15) is 0 Å². The molecular formula is C31H26N4O3S. The van der Waals surface area contributed by atoms with Crippen molar-refractivity contribution >= 4 is 34.3 Å². The van der Waals surface area contributed by atoms with Crippen LogP contribution < -0.4 is 21.1 Å². The molecule has 2 N–H and O–H groups in total. The minimum absolute atomic E-state index is 0.0359. The first kappa shape index (κ1) is 25.8. The number of methoxy groups -OCH3 is 1. The molecule has 0 spiro atoms. The van der Waals surface area contributed by atoms with Gasteiger partial charge in [-0.05, 0) is 53.1 Å². The zero-order valence-corrected chi connectivity index (χ0v) is 22.1. The second-order valence-corrected chi connectivity index (χ2v) is 9.58. The van der Waals surface area contributed by atoms with Gasteiger partial charge in [0.05, 0.1) is 35.2 Å². The van der Waals surface area contributed by atoms with Crippen LogP contribution in [0.2, 0.25) is 0 Å². The van der Waals surface area contributed by atoms with Gasteiger partial charge in [0.15, 0.2) is 5.16 Å². The van der Waals surface area contributed by atoms with Crippen LogP contribution in [0.3, 0.4) is 0 Å². The summed E-state index contributed by atoms with van der Waals surface area (Å²) in [5, 5.41) is 0.910. The van der Waals surface area contributed by atoms with Gasteiger partial charge in [-0.25, -0.2) is 4.98 Å². The minimum atomic E-state index is -0.286. The number of benzene rings is 4. The Hall–Kier alpha value is -4.82. The van der Waals surface area contributed by atoms with Gasteiger partial charge in [0, 0.05) is 0 Å². The maximum absolute atomic E-state index is 13.4. The van der Waals surface area contributed by atoms with Gasteiger partial charge in [-0.3, -0.25) is 25.0 Å². The van der Waals surface area contributed by atoms with Gasteiger partial charge in [0.1, 0.15) is 5.75 Å². The summed E-state index contributed by atoms with van der Waals surface area (Å²) in [6.07, 6.45) is 0. The number of carbonyl (C=O) groups excluding carboxylic acids is 1. The lowest BCUT2D eigenvalue weighted by atomic mass is 10.0. The Kier molecular flexibility index (Phi) is 7.75. The first-order chi connectivity index (χ1) is 19.0. The fourth-order valence-corrected chi connectivity index (χ4v) is 4.86. The van der Waals surface area contributed by atoms with Crippen molar-refractivity contribution in [1.82, 2.24) is 20.4 Å². The lowest BCUT2D eigenvalue weighted by Gasteiger charge is -2.14. The predicted octanol–water partition coefficient (Wildman–Crippen LogP) is 5.45. The van der Waals surface area contributed by atoms with Crippen LogP contribution in [-0.2, 0) is 4.79 Å². The highest BCUT2D eigenvalue weighted by Crippen LogP contribution is 2.23. The summed E-state index contributed by atoms with van der Waals surface area (Å²) in [7, 11) is 1.58. The van der Waals surface area contributed by atoms with E-state index in [9.17, 15) is 9.59 Å². The van der Waals surface area contributed by atoms with E-state index in [-0.39, 0.29) is 17.2 Å². The Morgan fingerprint density at radius 3 is 2.26 bits per heavy atom. The van der Waals surface area contributed by atoms with Gasteiger partial charge < -0.3 is 4.74 Å². The molecule has 0 atom stereocenters. The molecule has 0 aliphatic heterocycles. The Labute approximate surface area is 230 Å². The summed E-state index contributed by atoms with van der Waals surface area (Å²) in [5.74, 6) is 0.426. The van der Waals surface area contributed by atoms with Gasteiger partial charge in [0.25, 0.3) is 5.56 Å². The smallest absolute Gasteiger partial charge is 0.266 e. The van der Waals surface area contributed by atoms with Crippen LogP contribution in [0.1, 0.15) is 5.56 Å². The Morgan fingerprint density at radius 2 is 1.54 bits per heavy atom. The number of aromatic nitrogens is 2. The lowest BCUT2D eigenvalue weighted by Crippen LogP contribution is -2.37. The third kappa shape index (κ3) is 5.86. The van der Waals surface area contributed by atoms with Crippen molar-refractivity contribution in [1.29, 1.82) is 0 Å². The lowest BCUT2D eigenvalue weighted by molar-refractivity contribution is -0.119. The number of para-hydroxylation sites is 1. The van der Waals surface area contributed by atoms with E-state index in [1.807, 2.05) is 48.5 Å². The molecule has 1 heterocycles. The molecule has 194 valence electrons. The van der Waals surface area contributed by atoms with Crippen LogP contribution in [0.25, 0.3) is 33.4 Å². The van der Waals surface area contributed by atoms with E-state index in [4.69, 9.17) is 4.74 Å². The molecule has 0 saturated carbocycles. The zero-order chi connectivity index (χ0) is 27.2. The number of ether oxygens (including phenoxy) is 1. The van der Waals surface area contributed by atoms with E-state index >= 15 is 0 Å². The molecule has 0 saturated heterocycles. The first-order valence-corrected chi connectivity index (χ1v) is 13.2. The number of thioether (sulfide) groups is 1. The average molecular weight is 535 g/mol. The molecule has 5 rings (SSSR count). The number of hydrogen-bond donors (Lipinski definition) is 2. The monoisotopic (exact) mass is 534 g/mol. The summed E-state index contributed by atoms with van der Waals surface area (Å²) in [5.41, 5.74) is 10.2. The van der Waals surface area contributed by atoms with E-state index in [0.29, 0.717) is 33.2 Å². The second kappa shape index (κ2) is 11.7. The SMILES string of the molecule is C=C(NNC(=O)CSc1nc2ccccc2c(=O)n1-c1ccc(OC)cc1)c1ccc(-c2ccccc2)cc1. The number of nitrogens with one attached hydrogen (secondary N) is 2. The van der Waals surface area contributed by atoms with Crippen molar-refractivity contribution in [2.45, 2.75) is 5.16 Å². The van der Waals surface area contributed by atoms with Crippen LogP contribution in [0.5, 0.6) is 5.75 Å². The summed E-state index contributed by atoms with van der Waals surface area (Å²) >= 11 is 1.17. The molecule has 39 heavy (non-hydrogen) atoms. The molecule has 0 fully saturated rings. The fraction of sp³-hybridized carbons (Fsp3) is 0.0645. The maximum Gasteiger partial charge on any atom is 0.266 e. The zero-order valence-electron chi connectivity index (χ0n) is 21.3. The molecule has 8 heteroatoms. The van der Waals surface area contributed by atoms with Gasteiger partial charge in [-0.1, -0.05) is 85.1 Å². The van der Waals surface area contributed by atoms with Crippen LogP contribution in [-0.4, -0.2) is 28.3 Å². The highest BCUT2D eigenvalue weighted by molar-refractivity contribution is 7.99. The molecule has 0 unspecified atom stereocenters. The maximum atomic E-state index is 13.4. The molecule has 5 aromatic rings. The summed E-state index contributed by atoms with van der Waals surface area (Å²) in [4.78, 5) is 30.8. The summed E-state index contributed by atoms with van der Waals surface area (Å²) < 4.78 is 6.76. The Morgan fingerprint density at radius 1 is 0.872 bits per heavy atom. The van der Waals surface area contributed by atoms with E-state index in [1.54, 1.807) is 49.6 Å². The highest BCUT2D eigenvalue weighted by Gasteiger charge is 2.15. The van der Waals surface area contributed by atoms with Crippen LogP contribution in [0.4, 0.5) is 0 Å². The van der Waals surface area contributed by atoms with Crippen molar-refractivity contribution < 1.29 is 9.53 Å². The van der Waals surface area contributed by atoms with Crippen molar-refractivity contribution in [3.63, 3.8) is 0 Å². The molecule has 0 aliphatic carbocycles. The van der Waals surface area contributed by atoms with Crippen LogP contribution >= 0.6 is 11.8 Å². The normalized spacial score (nSPS) is 10.7. The van der Waals surface area contributed by atoms with E-state index in [0.717, 1.165) is 16.7 Å². The number of hydrogen-bond acceptors (Lipinski definition) is 6.